The maximum atomic E-state index is 13.0. The van der Waals surface area contributed by atoms with Crippen molar-refractivity contribution >= 4 is 5.97 Å². The molecule has 0 spiro atoms. The number of carbonyl (C=O) groups excluding carboxylic acids is 1. The number of aryl methyl sites for hydroxylation is 1. The summed E-state index contributed by atoms with van der Waals surface area (Å²) in [5.41, 5.74) is 2.67. The van der Waals surface area contributed by atoms with Crippen molar-refractivity contribution in [3.8, 4) is 5.75 Å². The Balaban J connectivity index is 1.59. The number of carbonyl (C=O) groups is 1. The van der Waals surface area contributed by atoms with Crippen molar-refractivity contribution in [2.45, 2.75) is 110 Å². The molecule has 0 heterocycles. The quantitative estimate of drug-likeness (QED) is 0.217. The van der Waals surface area contributed by atoms with Gasteiger partial charge in [-0.3, -0.25) is 4.79 Å². The molecular formula is C28H45NO2. The van der Waals surface area contributed by atoms with Gasteiger partial charge in [0.2, 0.25) is 0 Å². The zero-order chi connectivity index (χ0) is 22.1. The van der Waals surface area contributed by atoms with Crippen LogP contribution in [0.3, 0.4) is 0 Å². The maximum Gasteiger partial charge on any atom is 0.314 e. The molecule has 174 valence electrons. The van der Waals surface area contributed by atoms with E-state index in [9.17, 15) is 4.79 Å². The van der Waals surface area contributed by atoms with Crippen LogP contribution in [0.4, 0.5) is 0 Å². The lowest BCUT2D eigenvalue weighted by molar-refractivity contribution is -0.140. The highest BCUT2D eigenvalue weighted by molar-refractivity contribution is 5.75. The van der Waals surface area contributed by atoms with Gasteiger partial charge in [-0.2, -0.15) is 0 Å². The van der Waals surface area contributed by atoms with Gasteiger partial charge in [-0.15, -0.1) is 0 Å². The number of unbranched alkanes of at least 4 members (excludes halogenated alkanes) is 2. The highest BCUT2D eigenvalue weighted by atomic mass is 16.5. The van der Waals surface area contributed by atoms with Crippen molar-refractivity contribution in [2.24, 2.45) is 11.8 Å². The van der Waals surface area contributed by atoms with E-state index in [0.29, 0.717) is 6.04 Å². The van der Waals surface area contributed by atoms with Gasteiger partial charge >= 0.3 is 5.97 Å². The van der Waals surface area contributed by atoms with Crippen LogP contribution in [0, 0.1) is 11.8 Å². The van der Waals surface area contributed by atoms with Gasteiger partial charge < -0.3 is 9.64 Å². The lowest BCUT2D eigenvalue weighted by atomic mass is 9.80. The van der Waals surface area contributed by atoms with Crippen LogP contribution in [0.15, 0.2) is 18.2 Å². The van der Waals surface area contributed by atoms with Gasteiger partial charge in [-0.05, 0) is 94.0 Å². The van der Waals surface area contributed by atoms with Gasteiger partial charge in [0.05, 0.1) is 5.92 Å². The molecule has 3 nitrogen and oxygen atoms in total. The van der Waals surface area contributed by atoms with Crippen LogP contribution in [0.2, 0.25) is 0 Å². The first kappa shape index (κ1) is 24.3. The van der Waals surface area contributed by atoms with E-state index in [-0.39, 0.29) is 11.9 Å². The lowest BCUT2D eigenvalue weighted by Crippen LogP contribution is -2.40. The van der Waals surface area contributed by atoms with Gasteiger partial charge in [0.1, 0.15) is 5.75 Å². The number of fused-ring (bicyclic) bond motifs is 1. The second kappa shape index (κ2) is 12.6. The van der Waals surface area contributed by atoms with Gasteiger partial charge in [0.25, 0.3) is 0 Å². The lowest BCUT2D eigenvalue weighted by Gasteiger charge is -2.35. The first-order chi connectivity index (χ1) is 15.2. The number of benzene rings is 1. The van der Waals surface area contributed by atoms with Crippen molar-refractivity contribution < 1.29 is 9.53 Å². The van der Waals surface area contributed by atoms with Crippen LogP contribution in [-0.2, 0) is 17.6 Å². The summed E-state index contributed by atoms with van der Waals surface area (Å²) in [6.45, 7) is 9.13. The Morgan fingerprint density at radius 1 is 0.968 bits per heavy atom. The van der Waals surface area contributed by atoms with Crippen LogP contribution < -0.4 is 4.74 Å². The minimum absolute atomic E-state index is 0.0153. The average molecular weight is 428 g/mol. The maximum absolute atomic E-state index is 13.0. The van der Waals surface area contributed by atoms with E-state index in [1.807, 2.05) is 6.07 Å². The third kappa shape index (κ3) is 6.81. The average Bonchev–Trinajstić information content (AvgIpc) is 2.79. The van der Waals surface area contributed by atoms with Crippen LogP contribution in [0.25, 0.3) is 0 Å². The van der Waals surface area contributed by atoms with Gasteiger partial charge in [-0.1, -0.05) is 58.6 Å². The van der Waals surface area contributed by atoms with E-state index in [2.05, 4.69) is 37.8 Å². The van der Waals surface area contributed by atoms with E-state index in [4.69, 9.17) is 4.74 Å². The number of ether oxygens (including phenoxy) is 1. The van der Waals surface area contributed by atoms with E-state index in [1.165, 1.54) is 68.9 Å². The summed E-state index contributed by atoms with van der Waals surface area (Å²) in [4.78, 5) is 15.7. The second-order valence-electron chi connectivity index (χ2n) is 9.96. The molecular weight excluding hydrogens is 382 g/mol. The molecule has 0 aromatic heterocycles. The molecule has 2 aliphatic rings. The van der Waals surface area contributed by atoms with Gasteiger partial charge in [-0.25, -0.2) is 0 Å². The molecule has 31 heavy (non-hydrogen) atoms. The predicted molar refractivity (Wildman–Crippen MR) is 130 cm³/mol. The molecule has 1 atom stereocenters. The van der Waals surface area contributed by atoms with Crippen molar-refractivity contribution in [1.82, 2.24) is 4.90 Å². The Hall–Kier alpha value is -1.35. The molecule has 0 aliphatic heterocycles. The van der Waals surface area contributed by atoms with E-state index < -0.39 is 0 Å². The third-order valence-electron chi connectivity index (χ3n) is 7.56. The molecule has 1 saturated carbocycles. The predicted octanol–water partition coefficient (Wildman–Crippen LogP) is 6.96. The SMILES string of the molecule is CCCCCC1CCC(C(=O)Oc2cccc3c2CC(N(CCC)CCC)CC3)CC1. The molecule has 1 fully saturated rings. The Bertz CT molecular complexity index is 672. The van der Waals surface area contributed by atoms with E-state index in [1.54, 1.807) is 0 Å². The molecule has 0 amide bonds. The molecule has 1 unspecified atom stereocenters. The Morgan fingerprint density at radius 3 is 2.39 bits per heavy atom. The standard InChI is InChI=1S/C28H45NO2/c1-4-7-8-10-22-13-15-24(16-14-22)28(30)31-27-12-9-11-23-17-18-25(21-26(23)27)29(19-5-2)20-6-3/h9,11-12,22,24-25H,4-8,10,13-21H2,1-3H3. The fraction of sp³-hybridized carbons (Fsp3) is 0.750. The molecule has 1 aromatic carbocycles. The fourth-order valence-electron chi connectivity index (χ4n) is 5.76. The first-order valence-electron chi connectivity index (χ1n) is 13.2. The number of rotatable bonds is 11. The minimum atomic E-state index is 0.0153. The van der Waals surface area contributed by atoms with Crippen LogP contribution in [-0.4, -0.2) is 30.0 Å². The van der Waals surface area contributed by atoms with Crippen LogP contribution in [0.5, 0.6) is 5.75 Å². The van der Waals surface area contributed by atoms with Crippen LogP contribution in [0.1, 0.15) is 103 Å². The van der Waals surface area contributed by atoms with Gasteiger partial charge in [0, 0.05) is 6.04 Å². The zero-order valence-corrected chi connectivity index (χ0v) is 20.3. The number of hydrogen-bond donors (Lipinski definition) is 0. The Kier molecular flexibility index (Phi) is 9.90. The number of esters is 1. The summed E-state index contributed by atoms with van der Waals surface area (Å²) < 4.78 is 6.08. The topological polar surface area (TPSA) is 29.5 Å². The molecule has 0 N–H and O–H groups in total. The summed E-state index contributed by atoms with van der Waals surface area (Å²) in [6, 6.07) is 6.90. The van der Waals surface area contributed by atoms with Gasteiger partial charge in [0.15, 0.2) is 0 Å². The van der Waals surface area contributed by atoms with E-state index >= 15 is 0 Å². The highest BCUT2D eigenvalue weighted by Gasteiger charge is 2.30. The Labute approximate surface area is 190 Å². The second-order valence-corrected chi connectivity index (χ2v) is 9.96. The smallest absolute Gasteiger partial charge is 0.314 e. The molecule has 2 aliphatic carbocycles. The van der Waals surface area contributed by atoms with Crippen molar-refractivity contribution in [3.63, 3.8) is 0 Å². The normalized spacial score (nSPS) is 23.5. The molecule has 0 radical (unpaired) electrons. The van der Waals surface area contributed by atoms with Crippen molar-refractivity contribution in [1.29, 1.82) is 0 Å². The van der Waals surface area contributed by atoms with Crippen LogP contribution >= 0.6 is 0 Å². The molecule has 0 bridgehead atoms. The first-order valence-corrected chi connectivity index (χ1v) is 13.2. The summed E-state index contributed by atoms with van der Waals surface area (Å²) in [5.74, 6) is 1.77. The van der Waals surface area contributed by atoms with Crippen molar-refractivity contribution in [3.05, 3.63) is 29.3 Å². The van der Waals surface area contributed by atoms with Crippen molar-refractivity contribution in [2.75, 3.05) is 13.1 Å². The minimum Gasteiger partial charge on any atom is -0.426 e. The summed E-state index contributed by atoms with van der Waals surface area (Å²) in [7, 11) is 0. The molecule has 3 heteroatoms. The Morgan fingerprint density at radius 2 is 1.71 bits per heavy atom. The number of nitrogens with zero attached hydrogens (tertiary/aromatic N) is 1. The molecule has 0 saturated heterocycles. The van der Waals surface area contributed by atoms with E-state index in [0.717, 1.165) is 50.4 Å². The zero-order valence-electron chi connectivity index (χ0n) is 20.3. The monoisotopic (exact) mass is 427 g/mol. The molecule has 1 aromatic rings. The third-order valence-corrected chi connectivity index (χ3v) is 7.56. The highest BCUT2D eigenvalue weighted by Crippen LogP contribution is 2.35. The number of hydrogen-bond acceptors (Lipinski definition) is 3. The molecule has 3 rings (SSSR count). The fourth-order valence-corrected chi connectivity index (χ4v) is 5.76. The summed E-state index contributed by atoms with van der Waals surface area (Å²) >= 11 is 0. The summed E-state index contributed by atoms with van der Waals surface area (Å²) in [6.07, 6.45) is 15.4. The largest absolute Gasteiger partial charge is 0.426 e. The summed E-state index contributed by atoms with van der Waals surface area (Å²) in [5, 5.41) is 0.